The van der Waals surface area contributed by atoms with Crippen LogP contribution in [0.4, 0.5) is 18.2 Å². The number of amides is 1. The molecule has 2 heterocycles. The first kappa shape index (κ1) is 21.4. The number of ether oxygens (including phenoxy) is 1. The molecule has 0 spiro atoms. The highest BCUT2D eigenvalue weighted by molar-refractivity contribution is 7.16. The van der Waals surface area contributed by atoms with Gasteiger partial charge in [0.15, 0.2) is 5.69 Å². The van der Waals surface area contributed by atoms with Crippen molar-refractivity contribution in [1.29, 1.82) is 0 Å². The van der Waals surface area contributed by atoms with Crippen molar-refractivity contribution >= 4 is 28.2 Å². The summed E-state index contributed by atoms with van der Waals surface area (Å²) >= 11 is 1.23. The highest BCUT2D eigenvalue weighted by Gasteiger charge is 2.39. The normalized spacial score (nSPS) is 13.9. The Labute approximate surface area is 170 Å². The summed E-state index contributed by atoms with van der Waals surface area (Å²) in [6.45, 7) is 5.10. The van der Waals surface area contributed by atoms with Gasteiger partial charge in [-0.05, 0) is 52.0 Å². The summed E-state index contributed by atoms with van der Waals surface area (Å²) < 4.78 is 46.1. The molecule has 0 aromatic carbocycles. The number of hydrogen-bond donors (Lipinski definition) is 1. The molecule has 0 radical (unpaired) electrons. The lowest BCUT2D eigenvalue weighted by atomic mass is 9.95. The van der Waals surface area contributed by atoms with E-state index in [4.69, 9.17) is 4.74 Å². The number of rotatable bonds is 5. The molecule has 0 unspecified atom stereocenters. The van der Waals surface area contributed by atoms with Crippen molar-refractivity contribution in [3.63, 3.8) is 0 Å². The fourth-order valence-electron chi connectivity index (χ4n) is 3.50. The average Bonchev–Trinajstić information content (AvgIpc) is 3.13. The number of nitrogens with zero attached hydrogens (tertiary/aromatic N) is 2. The summed E-state index contributed by atoms with van der Waals surface area (Å²) in [6.07, 6.45) is -2.36. The molecule has 6 nitrogen and oxygen atoms in total. The minimum Gasteiger partial charge on any atom is -0.462 e. The van der Waals surface area contributed by atoms with Crippen molar-refractivity contribution in [3.8, 4) is 0 Å². The maximum atomic E-state index is 13.3. The fraction of sp³-hybridized carbons (Fsp3) is 0.526. The highest BCUT2D eigenvalue weighted by atomic mass is 32.1. The third-order valence-electron chi connectivity index (χ3n) is 4.94. The van der Waals surface area contributed by atoms with E-state index in [2.05, 4.69) is 10.4 Å². The molecule has 3 rings (SSSR count). The van der Waals surface area contributed by atoms with Crippen LogP contribution in [0, 0.1) is 13.8 Å². The zero-order chi connectivity index (χ0) is 21.3. The number of carbonyl (C=O) groups excluding carboxylic acids is 2. The van der Waals surface area contributed by atoms with Gasteiger partial charge in [0.05, 0.1) is 12.2 Å². The van der Waals surface area contributed by atoms with Gasteiger partial charge in [0.2, 0.25) is 5.91 Å². The van der Waals surface area contributed by atoms with Crippen LogP contribution in [-0.2, 0) is 35.1 Å². The van der Waals surface area contributed by atoms with E-state index in [0.717, 1.165) is 16.0 Å². The minimum atomic E-state index is -4.55. The van der Waals surface area contributed by atoms with E-state index >= 15 is 0 Å². The van der Waals surface area contributed by atoms with E-state index in [1.54, 1.807) is 13.8 Å². The zero-order valence-electron chi connectivity index (χ0n) is 16.4. The van der Waals surface area contributed by atoms with Crippen LogP contribution >= 0.6 is 11.3 Å². The summed E-state index contributed by atoms with van der Waals surface area (Å²) in [5.41, 5.74) is 0.727. The first-order valence-electron chi connectivity index (χ1n) is 9.36. The first-order valence-corrected chi connectivity index (χ1v) is 10.2. The summed E-state index contributed by atoms with van der Waals surface area (Å²) in [6, 6.07) is 0. The monoisotopic (exact) mass is 429 g/mol. The van der Waals surface area contributed by atoms with E-state index in [0.29, 0.717) is 35.5 Å². The predicted molar refractivity (Wildman–Crippen MR) is 102 cm³/mol. The molecule has 0 saturated carbocycles. The average molecular weight is 429 g/mol. The van der Waals surface area contributed by atoms with Gasteiger partial charge in [0.1, 0.15) is 11.5 Å². The van der Waals surface area contributed by atoms with E-state index in [-0.39, 0.29) is 24.3 Å². The molecule has 158 valence electrons. The highest BCUT2D eigenvalue weighted by Crippen LogP contribution is 2.36. The molecule has 2 aromatic rings. The van der Waals surface area contributed by atoms with Crippen LogP contribution in [0.15, 0.2) is 0 Å². The number of halogens is 3. The van der Waals surface area contributed by atoms with Crippen LogP contribution in [0.25, 0.3) is 0 Å². The third kappa shape index (κ3) is 4.31. The molecule has 1 N–H and O–H groups in total. The van der Waals surface area contributed by atoms with Gasteiger partial charge in [0.25, 0.3) is 0 Å². The number of hydrogen-bond acceptors (Lipinski definition) is 5. The lowest BCUT2D eigenvalue weighted by Gasteiger charge is -2.14. The Morgan fingerprint density at radius 3 is 2.59 bits per heavy atom. The molecule has 0 fully saturated rings. The fourth-order valence-corrected chi connectivity index (χ4v) is 4.56. The van der Waals surface area contributed by atoms with Crippen LogP contribution in [-0.4, -0.2) is 28.3 Å². The standard InChI is InChI=1S/C19H22F3N3O3S/c1-4-28-18(27)15-10(2)11(3)29-17(15)23-14(26)9-25-13-8-6-5-7-12(13)16(24-25)19(20,21)22/h4-9H2,1-3H3,(H,23,26). The molecular weight excluding hydrogens is 407 g/mol. The molecule has 1 aliphatic carbocycles. The summed E-state index contributed by atoms with van der Waals surface area (Å²) in [4.78, 5) is 25.7. The van der Waals surface area contributed by atoms with Crippen molar-refractivity contribution in [3.05, 3.63) is 33.0 Å². The number of thiophene rings is 1. The zero-order valence-corrected chi connectivity index (χ0v) is 17.2. The Kier molecular flexibility index (Phi) is 6.02. The molecule has 0 saturated heterocycles. The largest absolute Gasteiger partial charge is 0.462 e. The molecule has 1 aliphatic rings. The lowest BCUT2D eigenvalue weighted by Crippen LogP contribution is -2.22. The van der Waals surface area contributed by atoms with E-state index < -0.39 is 23.7 Å². The number of nitrogens with one attached hydrogen (secondary N) is 1. The summed E-state index contributed by atoms with van der Waals surface area (Å²) in [7, 11) is 0. The van der Waals surface area contributed by atoms with Crippen molar-refractivity contribution in [1.82, 2.24) is 9.78 Å². The van der Waals surface area contributed by atoms with Crippen LogP contribution in [0.1, 0.15) is 57.5 Å². The van der Waals surface area contributed by atoms with Crippen molar-refractivity contribution in [2.75, 3.05) is 11.9 Å². The Hall–Kier alpha value is -2.36. The first-order chi connectivity index (χ1) is 13.6. The maximum Gasteiger partial charge on any atom is 0.435 e. The second-order valence-corrected chi connectivity index (χ2v) is 8.12. The molecule has 29 heavy (non-hydrogen) atoms. The van der Waals surface area contributed by atoms with Crippen LogP contribution in [0.3, 0.4) is 0 Å². The van der Waals surface area contributed by atoms with Gasteiger partial charge in [-0.3, -0.25) is 9.48 Å². The van der Waals surface area contributed by atoms with E-state index in [9.17, 15) is 22.8 Å². The van der Waals surface area contributed by atoms with Gasteiger partial charge in [-0.25, -0.2) is 4.79 Å². The Bertz CT molecular complexity index is 947. The van der Waals surface area contributed by atoms with Gasteiger partial charge in [-0.15, -0.1) is 11.3 Å². The quantitative estimate of drug-likeness (QED) is 0.721. The Morgan fingerprint density at radius 1 is 1.24 bits per heavy atom. The number of fused-ring (bicyclic) bond motifs is 1. The number of alkyl halides is 3. The molecule has 10 heteroatoms. The number of esters is 1. The lowest BCUT2D eigenvalue weighted by molar-refractivity contribution is -0.142. The van der Waals surface area contributed by atoms with Crippen LogP contribution in [0.2, 0.25) is 0 Å². The molecule has 0 bridgehead atoms. The number of carbonyl (C=O) groups is 2. The number of aryl methyl sites for hydroxylation is 1. The number of anilines is 1. The van der Waals surface area contributed by atoms with Gasteiger partial charge >= 0.3 is 12.1 Å². The topological polar surface area (TPSA) is 73.2 Å². The number of aromatic nitrogens is 2. The molecule has 0 atom stereocenters. The van der Waals surface area contributed by atoms with Crippen molar-refractivity contribution in [2.45, 2.75) is 59.2 Å². The van der Waals surface area contributed by atoms with Gasteiger partial charge < -0.3 is 10.1 Å². The van der Waals surface area contributed by atoms with Gasteiger partial charge in [-0.1, -0.05) is 0 Å². The Balaban J connectivity index is 1.85. The van der Waals surface area contributed by atoms with E-state index in [1.165, 1.54) is 11.3 Å². The third-order valence-corrected chi connectivity index (χ3v) is 6.06. The summed E-state index contributed by atoms with van der Waals surface area (Å²) in [5, 5.41) is 6.68. The molecule has 0 aliphatic heterocycles. The predicted octanol–water partition coefficient (Wildman–Crippen LogP) is 4.27. The molecule has 1 amide bonds. The minimum absolute atomic E-state index is 0.187. The second-order valence-electron chi connectivity index (χ2n) is 6.89. The SMILES string of the molecule is CCOC(=O)c1c(NC(=O)Cn2nc(C(F)(F)F)c3c2CCCC3)sc(C)c1C. The van der Waals surface area contributed by atoms with Crippen molar-refractivity contribution in [2.24, 2.45) is 0 Å². The van der Waals surface area contributed by atoms with Crippen LogP contribution in [0.5, 0.6) is 0 Å². The smallest absolute Gasteiger partial charge is 0.435 e. The Morgan fingerprint density at radius 2 is 1.93 bits per heavy atom. The van der Waals surface area contributed by atoms with Gasteiger partial charge in [0, 0.05) is 16.1 Å². The van der Waals surface area contributed by atoms with Crippen molar-refractivity contribution < 1.29 is 27.5 Å². The summed E-state index contributed by atoms with van der Waals surface area (Å²) in [5.74, 6) is -1.08. The second kappa shape index (κ2) is 8.17. The van der Waals surface area contributed by atoms with E-state index in [1.807, 2.05) is 6.92 Å². The molecule has 2 aromatic heterocycles. The van der Waals surface area contributed by atoms with Crippen LogP contribution < -0.4 is 5.32 Å². The maximum absolute atomic E-state index is 13.3. The van der Waals surface area contributed by atoms with Gasteiger partial charge in [-0.2, -0.15) is 18.3 Å². The molecular formula is C19H22F3N3O3S.